The summed E-state index contributed by atoms with van der Waals surface area (Å²) >= 11 is 1.47. The number of hydrogen-bond acceptors (Lipinski definition) is 3. The van der Waals surface area contributed by atoms with Crippen LogP contribution in [0.1, 0.15) is 19.5 Å². The number of anilines is 1. The van der Waals surface area contributed by atoms with Gasteiger partial charge in [0.1, 0.15) is 5.00 Å². The number of aryl methyl sites for hydroxylation is 1. The van der Waals surface area contributed by atoms with Crippen molar-refractivity contribution in [1.29, 1.82) is 0 Å². The highest BCUT2D eigenvalue weighted by molar-refractivity contribution is 7.13. The third-order valence-electron chi connectivity index (χ3n) is 0.783. The minimum atomic E-state index is 0.819. The molecule has 0 aromatic carbocycles. The zero-order valence-electron chi connectivity index (χ0n) is 6.01. The second kappa shape index (κ2) is 4.32. The average molecular weight is 144 g/mol. The van der Waals surface area contributed by atoms with Gasteiger partial charge in [-0.15, -0.1) is 11.3 Å². The van der Waals surface area contributed by atoms with Gasteiger partial charge in [-0.2, -0.15) is 0 Å². The van der Waals surface area contributed by atoms with Crippen LogP contribution in [-0.2, 0) is 0 Å². The molecule has 0 radical (unpaired) electrons. The summed E-state index contributed by atoms with van der Waals surface area (Å²) in [5.74, 6) is 0. The molecule has 0 saturated heterocycles. The predicted octanol–water partition coefficient (Wildman–Crippen LogP) is 2.06. The van der Waals surface area contributed by atoms with Crippen molar-refractivity contribution in [2.24, 2.45) is 0 Å². The molecular formula is C6H12N2S. The standard InChI is InChI=1S/C4H6N2S.C2H6/c1-3-4(5)7-2-6-3;1-2/h2H,5H2,1H3;1-2H3. The third kappa shape index (κ3) is 2.46. The van der Waals surface area contributed by atoms with Crippen LogP contribution in [0.2, 0.25) is 0 Å². The SMILES string of the molecule is CC.Cc1ncsc1N. The molecule has 0 spiro atoms. The maximum Gasteiger partial charge on any atom is 0.109 e. The van der Waals surface area contributed by atoms with E-state index >= 15 is 0 Å². The van der Waals surface area contributed by atoms with Crippen molar-refractivity contribution in [2.75, 3.05) is 5.73 Å². The normalized spacial score (nSPS) is 7.89. The minimum absolute atomic E-state index is 0.819. The highest BCUT2D eigenvalue weighted by atomic mass is 32.1. The van der Waals surface area contributed by atoms with Crippen molar-refractivity contribution in [1.82, 2.24) is 4.98 Å². The van der Waals surface area contributed by atoms with E-state index in [1.165, 1.54) is 11.3 Å². The zero-order chi connectivity index (χ0) is 7.28. The largest absolute Gasteiger partial charge is 0.389 e. The molecule has 0 aliphatic rings. The number of rotatable bonds is 0. The second-order valence-corrected chi connectivity index (χ2v) is 2.19. The van der Waals surface area contributed by atoms with Gasteiger partial charge in [-0.1, -0.05) is 13.8 Å². The quantitative estimate of drug-likeness (QED) is 0.605. The Morgan fingerprint density at radius 1 is 1.56 bits per heavy atom. The summed E-state index contributed by atoms with van der Waals surface area (Å²) in [6.07, 6.45) is 0. The van der Waals surface area contributed by atoms with Crippen LogP contribution in [0.5, 0.6) is 0 Å². The molecule has 3 heteroatoms. The number of nitrogen functional groups attached to an aromatic ring is 1. The molecule has 9 heavy (non-hydrogen) atoms. The van der Waals surface area contributed by atoms with E-state index < -0.39 is 0 Å². The van der Waals surface area contributed by atoms with Crippen LogP contribution in [0.3, 0.4) is 0 Å². The topological polar surface area (TPSA) is 38.9 Å². The van der Waals surface area contributed by atoms with E-state index in [4.69, 9.17) is 5.73 Å². The molecule has 1 aromatic rings. The number of hydrogen-bond donors (Lipinski definition) is 1. The Balaban J connectivity index is 0.000000291. The van der Waals surface area contributed by atoms with Crippen molar-refractivity contribution < 1.29 is 0 Å². The van der Waals surface area contributed by atoms with Crippen molar-refractivity contribution in [3.05, 3.63) is 11.2 Å². The molecule has 2 N–H and O–H groups in total. The maximum atomic E-state index is 5.40. The van der Waals surface area contributed by atoms with E-state index in [1.807, 2.05) is 20.8 Å². The Bertz CT molecular complexity index is 143. The first-order chi connectivity index (χ1) is 4.30. The highest BCUT2D eigenvalue weighted by Gasteiger charge is 1.89. The van der Waals surface area contributed by atoms with E-state index in [2.05, 4.69) is 4.98 Å². The highest BCUT2D eigenvalue weighted by Crippen LogP contribution is 2.12. The Labute approximate surface area is 59.7 Å². The number of nitrogens with two attached hydrogens (primary N) is 1. The molecule has 0 amide bonds. The van der Waals surface area contributed by atoms with Crippen LogP contribution in [0, 0.1) is 6.92 Å². The third-order valence-corrected chi connectivity index (χ3v) is 1.54. The minimum Gasteiger partial charge on any atom is -0.389 e. The number of thiazole rings is 1. The lowest BCUT2D eigenvalue weighted by Crippen LogP contribution is -1.80. The zero-order valence-corrected chi connectivity index (χ0v) is 6.83. The Morgan fingerprint density at radius 2 is 2.11 bits per heavy atom. The van der Waals surface area contributed by atoms with Crippen LogP contribution in [-0.4, -0.2) is 4.98 Å². The monoisotopic (exact) mass is 144 g/mol. The van der Waals surface area contributed by atoms with Crippen LogP contribution < -0.4 is 5.73 Å². The lowest BCUT2D eigenvalue weighted by molar-refractivity contribution is 1.27. The summed E-state index contributed by atoms with van der Waals surface area (Å²) in [5.41, 5.74) is 8.07. The van der Waals surface area contributed by atoms with E-state index in [0.717, 1.165) is 10.7 Å². The van der Waals surface area contributed by atoms with Crippen LogP contribution in [0.25, 0.3) is 0 Å². The number of nitrogens with zero attached hydrogens (tertiary/aromatic N) is 1. The fraction of sp³-hybridized carbons (Fsp3) is 0.500. The predicted molar refractivity (Wildman–Crippen MR) is 42.6 cm³/mol. The molecule has 0 fully saturated rings. The molecule has 0 aliphatic heterocycles. The molecule has 0 bridgehead atoms. The summed E-state index contributed by atoms with van der Waals surface area (Å²) < 4.78 is 0. The Morgan fingerprint density at radius 3 is 2.22 bits per heavy atom. The summed E-state index contributed by atoms with van der Waals surface area (Å²) in [6, 6.07) is 0. The molecule has 1 heterocycles. The van der Waals surface area contributed by atoms with Gasteiger partial charge in [0.25, 0.3) is 0 Å². The van der Waals surface area contributed by atoms with Crippen molar-refractivity contribution in [3.63, 3.8) is 0 Å². The van der Waals surface area contributed by atoms with Crippen molar-refractivity contribution >= 4 is 16.3 Å². The first kappa shape index (κ1) is 8.43. The van der Waals surface area contributed by atoms with Gasteiger partial charge < -0.3 is 5.73 Å². The molecule has 0 aliphatic carbocycles. The van der Waals surface area contributed by atoms with Gasteiger partial charge in [0, 0.05) is 0 Å². The van der Waals surface area contributed by atoms with E-state index in [1.54, 1.807) is 5.51 Å². The molecule has 1 aromatic heterocycles. The van der Waals surface area contributed by atoms with E-state index in [9.17, 15) is 0 Å². The van der Waals surface area contributed by atoms with Crippen molar-refractivity contribution in [2.45, 2.75) is 20.8 Å². The van der Waals surface area contributed by atoms with Gasteiger partial charge >= 0.3 is 0 Å². The van der Waals surface area contributed by atoms with E-state index in [0.29, 0.717) is 0 Å². The van der Waals surface area contributed by atoms with Gasteiger partial charge in [0.15, 0.2) is 0 Å². The first-order valence-electron chi connectivity index (χ1n) is 2.96. The molecule has 1 rings (SSSR count). The Kier molecular flexibility index (Phi) is 4.05. The van der Waals surface area contributed by atoms with Crippen molar-refractivity contribution in [3.8, 4) is 0 Å². The molecule has 52 valence electrons. The molecular weight excluding hydrogens is 132 g/mol. The number of aromatic nitrogens is 1. The lowest BCUT2D eigenvalue weighted by atomic mass is 10.5. The van der Waals surface area contributed by atoms with E-state index in [-0.39, 0.29) is 0 Å². The fourth-order valence-electron chi connectivity index (χ4n) is 0.311. The molecule has 0 unspecified atom stereocenters. The van der Waals surface area contributed by atoms with Crippen LogP contribution >= 0.6 is 11.3 Å². The van der Waals surface area contributed by atoms with Gasteiger partial charge in [-0.3, -0.25) is 0 Å². The fourth-order valence-corrected chi connectivity index (χ4v) is 0.859. The smallest absolute Gasteiger partial charge is 0.109 e. The first-order valence-corrected chi connectivity index (χ1v) is 3.84. The van der Waals surface area contributed by atoms with Gasteiger partial charge in [-0.25, -0.2) is 4.98 Å². The summed E-state index contributed by atoms with van der Waals surface area (Å²) in [4.78, 5) is 3.91. The molecule has 0 atom stereocenters. The lowest BCUT2D eigenvalue weighted by Gasteiger charge is -1.78. The Hall–Kier alpha value is -0.570. The molecule has 0 saturated carbocycles. The summed E-state index contributed by atoms with van der Waals surface area (Å²) in [7, 11) is 0. The molecule has 2 nitrogen and oxygen atoms in total. The van der Waals surface area contributed by atoms with Crippen LogP contribution in [0.15, 0.2) is 5.51 Å². The summed E-state index contributed by atoms with van der Waals surface area (Å²) in [6.45, 7) is 5.89. The maximum absolute atomic E-state index is 5.40. The van der Waals surface area contributed by atoms with Gasteiger partial charge in [0.2, 0.25) is 0 Å². The van der Waals surface area contributed by atoms with Gasteiger partial charge in [0.05, 0.1) is 11.2 Å². The second-order valence-electron chi connectivity index (χ2n) is 1.30. The summed E-state index contributed by atoms with van der Waals surface area (Å²) in [5, 5.41) is 0.819. The van der Waals surface area contributed by atoms with Gasteiger partial charge in [-0.05, 0) is 6.92 Å². The average Bonchev–Trinajstić information content (AvgIpc) is 2.23. The van der Waals surface area contributed by atoms with Crippen LogP contribution in [0.4, 0.5) is 5.00 Å².